The van der Waals surface area contributed by atoms with Gasteiger partial charge in [0.15, 0.2) is 5.82 Å². The molecule has 0 saturated carbocycles. The summed E-state index contributed by atoms with van der Waals surface area (Å²) in [6, 6.07) is 9.77. The van der Waals surface area contributed by atoms with Crippen LogP contribution in [0.4, 0.5) is 5.82 Å². The molecule has 0 bridgehead atoms. The minimum Gasteiger partial charge on any atom is -0.507 e. The zero-order valence-corrected chi connectivity index (χ0v) is 16.1. The molecule has 3 aromatic rings. The highest BCUT2D eigenvalue weighted by atomic mass is 16.3. The second-order valence-electron chi connectivity index (χ2n) is 7.28. The smallest absolute Gasteiger partial charge is 0.165 e. The number of nitrogens with one attached hydrogen (secondary N) is 2. The number of hydrogen-bond donors (Lipinski definition) is 3. The van der Waals surface area contributed by atoms with Crippen LogP contribution >= 0.6 is 0 Å². The van der Waals surface area contributed by atoms with Gasteiger partial charge in [-0.3, -0.25) is 5.10 Å². The number of anilines is 1. The van der Waals surface area contributed by atoms with Crippen molar-refractivity contribution in [3.8, 4) is 17.1 Å². The van der Waals surface area contributed by atoms with Crippen molar-refractivity contribution in [2.45, 2.75) is 32.2 Å². The van der Waals surface area contributed by atoms with E-state index in [-0.39, 0.29) is 5.75 Å². The Balaban J connectivity index is 1.37. The fourth-order valence-electron chi connectivity index (χ4n) is 3.64. The molecule has 1 aliphatic heterocycles. The largest absolute Gasteiger partial charge is 0.507 e. The summed E-state index contributed by atoms with van der Waals surface area (Å²) in [4.78, 5) is 11.6. The average Bonchev–Trinajstić information content (AvgIpc) is 3.22. The third kappa shape index (κ3) is 4.31. The van der Waals surface area contributed by atoms with Gasteiger partial charge in [0.25, 0.3) is 0 Å². The normalized spacial score (nSPS) is 15.1. The summed E-state index contributed by atoms with van der Waals surface area (Å²) in [5.74, 6) is 1.72. The number of H-pyrrole nitrogens is 1. The lowest BCUT2D eigenvalue weighted by Gasteiger charge is -2.33. The summed E-state index contributed by atoms with van der Waals surface area (Å²) < 4.78 is 0. The highest BCUT2D eigenvalue weighted by Crippen LogP contribution is 2.28. The van der Waals surface area contributed by atoms with E-state index in [4.69, 9.17) is 4.98 Å². The first-order valence-corrected chi connectivity index (χ1v) is 9.79. The Hall–Kier alpha value is -2.93. The van der Waals surface area contributed by atoms with Gasteiger partial charge in [0.2, 0.25) is 0 Å². The molecule has 1 saturated heterocycles. The molecule has 7 nitrogen and oxygen atoms in total. The molecular formula is C21H26N6O. The maximum absolute atomic E-state index is 10.1. The summed E-state index contributed by atoms with van der Waals surface area (Å²) in [6.45, 7) is 4.85. The number of phenolic OH excluding ortho intramolecular Hbond substituents is 1. The van der Waals surface area contributed by atoms with Crippen molar-refractivity contribution in [1.29, 1.82) is 0 Å². The Morgan fingerprint density at radius 2 is 2.04 bits per heavy atom. The molecule has 1 aliphatic rings. The second kappa shape index (κ2) is 8.39. The summed E-state index contributed by atoms with van der Waals surface area (Å²) in [5.41, 5.74) is 2.81. The van der Waals surface area contributed by atoms with Crippen LogP contribution in [0.25, 0.3) is 11.4 Å². The summed E-state index contributed by atoms with van der Waals surface area (Å²) in [6.07, 6.45) is 6.99. The monoisotopic (exact) mass is 378 g/mol. The number of hydrogen-bond acceptors (Lipinski definition) is 6. The van der Waals surface area contributed by atoms with Gasteiger partial charge in [-0.05, 0) is 50.4 Å². The fourth-order valence-corrected chi connectivity index (χ4v) is 3.64. The number of para-hydroxylation sites is 1. The highest BCUT2D eigenvalue weighted by molar-refractivity contribution is 5.65. The first-order chi connectivity index (χ1) is 13.7. The molecule has 0 atom stereocenters. The summed E-state index contributed by atoms with van der Waals surface area (Å²) >= 11 is 0. The Morgan fingerprint density at radius 3 is 2.79 bits per heavy atom. The maximum Gasteiger partial charge on any atom is 0.165 e. The standard InChI is InChI=1S/C21H26N6O/c1-15-12-20(26-21(25-15)18-4-2-3-5-19(18)28)27-10-7-17(8-11-27)22-9-6-16-13-23-24-14-16/h2-5,12-14,17,22,28H,6-11H2,1H3,(H,23,24). The molecule has 28 heavy (non-hydrogen) atoms. The van der Waals surface area contributed by atoms with Gasteiger partial charge in [0.1, 0.15) is 11.6 Å². The molecule has 146 valence electrons. The summed E-state index contributed by atoms with van der Waals surface area (Å²) in [5, 5.41) is 20.6. The van der Waals surface area contributed by atoms with Crippen LogP contribution in [0.5, 0.6) is 5.75 Å². The highest BCUT2D eigenvalue weighted by Gasteiger charge is 2.21. The molecule has 7 heteroatoms. The number of phenols is 1. The van der Waals surface area contributed by atoms with Gasteiger partial charge < -0.3 is 15.3 Å². The molecule has 4 rings (SSSR count). The van der Waals surface area contributed by atoms with Crippen molar-refractivity contribution in [3.05, 3.63) is 54.0 Å². The van der Waals surface area contributed by atoms with Crippen molar-refractivity contribution in [3.63, 3.8) is 0 Å². The van der Waals surface area contributed by atoms with Crippen molar-refractivity contribution < 1.29 is 5.11 Å². The number of aromatic hydroxyl groups is 1. The van der Waals surface area contributed by atoms with Crippen LogP contribution in [-0.4, -0.2) is 50.9 Å². The third-order valence-corrected chi connectivity index (χ3v) is 5.21. The SMILES string of the molecule is Cc1cc(N2CCC(NCCc3cn[nH]c3)CC2)nc(-c2ccccc2O)n1. The van der Waals surface area contributed by atoms with Gasteiger partial charge >= 0.3 is 0 Å². The van der Waals surface area contributed by atoms with E-state index in [9.17, 15) is 5.11 Å². The third-order valence-electron chi connectivity index (χ3n) is 5.21. The molecule has 0 aliphatic carbocycles. The van der Waals surface area contributed by atoms with E-state index in [0.717, 1.165) is 50.4 Å². The number of nitrogens with zero attached hydrogens (tertiary/aromatic N) is 4. The minimum absolute atomic E-state index is 0.208. The Morgan fingerprint density at radius 1 is 1.21 bits per heavy atom. The molecule has 0 spiro atoms. The zero-order valence-electron chi connectivity index (χ0n) is 16.1. The average molecular weight is 378 g/mol. The van der Waals surface area contributed by atoms with Gasteiger partial charge in [-0.25, -0.2) is 9.97 Å². The quantitative estimate of drug-likeness (QED) is 0.611. The molecule has 1 fully saturated rings. The van der Waals surface area contributed by atoms with E-state index in [1.807, 2.05) is 37.5 Å². The van der Waals surface area contributed by atoms with Gasteiger partial charge in [0.05, 0.1) is 11.8 Å². The zero-order chi connectivity index (χ0) is 19.3. The fraction of sp³-hybridized carbons (Fsp3) is 0.381. The molecule has 1 aromatic carbocycles. The van der Waals surface area contributed by atoms with Gasteiger partial charge in [-0.1, -0.05) is 12.1 Å². The van der Waals surface area contributed by atoms with E-state index in [0.29, 0.717) is 17.4 Å². The van der Waals surface area contributed by atoms with E-state index < -0.39 is 0 Å². The number of rotatable bonds is 6. The maximum atomic E-state index is 10.1. The molecule has 3 N–H and O–H groups in total. The van der Waals surface area contributed by atoms with E-state index in [2.05, 4.69) is 25.4 Å². The van der Waals surface area contributed by atoms with E-state index >= 15 is 0 Å². The van der Waals surface area contributed by atoms with Gasteiger partial charge in [-0.15, -0.1) is 0 Å². The molecule has 0 unspecified atom stereocenters. The predicted octanol–water partition coefficient (Wildman–Crippen LogP) is 2.68. The van der Waals surface area contributed by atoms with Crippen molar-refractivity contribution in [2.24, 2.45) is 0 Å². The van der Waals surface area contributed by atoms with Crippen LogP contribution in [0.2, 0.25) is 0 Å². The van der Waals surface area contributed by atoms with Crippen LogP contribution < -0.4 is 10.2 Å². The number of aromatic nitrogens is 4. The minimum atomic E-state index is 0.208. The van der Waals surface area contributed by atoms with Crippen LogP contribution in [0.15, 0.2) is 42.7 Å². The Kier molecular flexibility index (Phi) is 5.53. The molecule has 0 radical (unpaired) electrons. The van der Waals surface area contributed by atoms with Gasteiger partial charge in [0, 0.05) is 37.1 Å². The molecule has 2 aromatic heterocycles. The first-order valence-electron chi connectivity index (χ1n) is 9.79. The van der Waals surface area contributed by atoms with Crippen LogP contribution in [0, 0.1) is 6.92 Å². The lowest BCUT2D eigenvalue weighted by Crippen LogP contribution is -2.43. The Labute approximate surface area is 164 Å². The number of piperidine rings is 1. The summed E-state index contributed by atoms with van der Waals surface area (Å²) in [7, 11) is 0. The molecule has 0 amide bonds. The van der Waals surface area contributed by atoms with Gasteiger partial charge in [-0.2, -0.15) is 5.10 Å². The van der Waals surface area contributed by atoms with E-state index in [1.165, 1.54) is 5.56 Å². The predicted molar refractivity (Wildman–Crippen MR) is 109 cm³/mol. The Bertz CT molecular complexity index is 903. The first kappa shape index (κ1) is 18.4. The molecule has 3 heterocycles. The van der Waals surface area contributed by atoms with Crippen molar-refractivity contribution in [1.82, 2.24) is 25.5 Å². The lowest BCUT2D eigenvalue weighted by molar-refractivity contribution is 0.416. The second-order valence-corrected chi connectivity index (χ2v) is 7.28. The number of benzene rings is 1. The van der Waals surface area contributed by atoms with Crippen molar-refractivity contribution in [2.75, 3.05) is 24.5 Å². The van der Waals surface area contributed by atoms with E-state index in [1.54, 1.807) is 12.1 Å². The van der Waals surface area contributed by atoms with Crippen LogP contribution in [0.3, 0.4) is 0 Å². The van der Waals surface area contributed by atoms with Crippen LogP contribution in [-0.2, 0) is 6.42 Å². The lowest BCUT2D eigenvalue weighted by atomic mass is 10.0. The van der Waals surface area contributed by atoms with Crippen LogP contribution in [0.1, 0.15) is 24.1 Å². The van der Waals surface area contributed by atoms with Crippen molar-refractivity contribution >= 4 is 5.82 Å². The number of aromatic amines is 1. The molecular weight excluding hydrogens is 352 g/mol. The number of aryl methyl sites for hydroxylation is 1. The topological polar surface area (TPSA) is 90.0 Å².